The fourth-order valence-corrected chi connectivity index (χ4v) is 2.55. The topological polar surface area (TPSA) is 102 Å². The molecule has 1 aliphatic heterocycles. The third-order valence-electron chi connectivity index (χ3n) is 3.91. The maximum Gasteiger partial charge on any atom is 0.416 e. The van der Waals surface area contributed by atoms with Crippen molar-refractivity contribution in [2.24, 2.45) is 0 Å². The Hall–Kier alpha value is -2.38. The van der Waals surface area contributed by atoms with E-state index in [1.165, 1.54) is 0 Å². The number of hydrogen-bond acceptors (Lipinski definition) is 5. The summed E-state index contributed by atoms with van der Waals surface area (Å²) in [6.07, 6.45) is -13.2. The quantitative estimate of drug-likeness (QED) is 0.526. The van der Waals surface area contributed by atoms with Crippen molar-refractivity contribution in [2.45, 2.75) is 30.7 Å². The maximum atomic E-state index is 13.0. The fraction of sp³-hybridized carbons (Fsp3) is 0.500. The van der Waals surface area contributed by atoms with Crippen molar-refractivity contribution in [1.29, 1.82) is 0 Å². The second-order valence-electron chi connectivity index (χ2n) is 6.02. The van der Waals surface area contributed by atoms with E-state index in [0.717, 1.165) is 0 Å². The minimum absolute atomic E-state index is 0.0816. The average molecular weight is 432 g/mol. The Morgan fingerprint density at radius 3 is 1.86 bits per heavy atom. The summed E-state index contributed by atoms with van der Waals surface area (Å²) in [6, 6.07) is 0.306. The van der Waals surface area contributed by atoms with Gasteiger partial charge in [-0.25, -0.2) is 9.59 Å². The van der Waals surface area contributed by atoms with E-state index in [-0.39, 0.29) is 38.0 Å². The SMILES string of the molecule is O=C(O)C(Cc1cc(C(F)(F)F)cc(C(F)(F)F)c1)(OC1COCCO1)C(=O)O. The zero-order valence-corrected chi connectivity index (χ0v) is 14.3. The molecular weight excluding hydrogens is 418 g/mol. The van der Waals surface area contributed by atoms with E-state index >= 15 is 0 Å². The number of alkyl halides is 6. The third-order valence-corrected chi connectivity index (χ3v) is 3.91. The Kier molecular flexibility index (Phi) is 6.45. The molecule has 0 bridgehead atoms. The van der Waals surface area contributed by atoms with Crippen LogP contribution >= 0.6 is 0 Å². The van der Waals surface area contributed by atoms with Gasteiger partial charge in [0.2, 0.25) is 0 Å². The molecule has 0 saturated carbocycles. The molecule has 13 heteroatoms. The van der Waals surface area contributed by atoms with Crippen molar-refractivity contribution >= 4 is 11.9 Å². The van der Waals surface area contributed by atoms with Crippen LogP contribution in [-0.2, 0) is 42.6 Å². The molecule has 1 fully saturated rings. The van der Waals surface area contributed by atoms with Gasteiger partial charge in [-0.15, -0.1) is 0 Å². The van der Waals surface area contributed by atoms with Crippen LogP contribution in [0.3, 0.4) is 0 Å². The molecule has 1 saturated heterocycles. The normalized spacial score (nSPS) is 18.5. The van der Waals surface area contributed by atoms with Crippen molar-refractivity contribution in [3.8, 4) is 0 Å². The van der Waals surface area contributed by atoms with E-state index < -0.39 is 59.3 Å². The summed E-state index contributed by atoms with van der Waals surface area (Å²) >= 11 is 0. The first kappa shape index (κ1) is 22.9. The lowest BCUT2D eigenvalue weighted by Gasteiger charge is -2.32. The molecule has 1 atom stereocenters. The highest BCUT2D eigenvalue weighted by Crippen LogP contribution is 2.37. The molecule has 29 heavy (non-hydrogen) atoms. The van der Waals surface area contributed by atoms with Gasteiger partial charge < -0.3 is 24.4 Å². The van der Waals surface area contributed by atoms with Crippen LogP contribution in [0.4, 0.5) is 26.3 Å². The summed E-state index contributed by atoms with van der Waals surface area (Å²) in [5.74, 6) is -4.27. The predicted molar refractivity (Wildman–Crippen MR) is 79.8 cm³/mol. The van der Waals surface area contributed by atoms with E-state index in [4.69, 9.17) is 14.2 Å². The molecule has 0 aliphatic carbocycles. The average Bonchev–Trinajstić information content (AvgIpc) is 2.59. The minimum atomic E-state index is -5.19. The van der Waals surface area contributed by atoms with Gasteiger partial charge in [0.15, 0.2) is 6.29 Å². The first-order valence-corrected chi connectivity index (χ1v) is 7.88. The second-order valence-corrected chi connectivity index (χ2v) is 6.02. The first-order valence-electron chi connectivity index (χ1n) is 7.88. The lowest BCUT2D eigenvalue weighted by molar-refractivity contribution is -0.259. The van der Waals surface area contributed by atoms with E-state index in [1.54, 1.807) is 0 Å². The number of carboxylic acids is 2. The Balaban J connectivity index is 2.51. The number of benzene rings is 1. The summed E-state index contributed by atoms with van der Waals surface area (Å²) in [5.41, 5.74) is -7.50. The van der Waals surface area contributed by atoms with Crippen LogP contribution in [0.15, 0.2) is 18.2 Å². The van der Waals surface area contributed by atoms with Crippen LogP contribution in [0.1, 0.15) is 16.7 Å². The molecule has 1 aromatic rings. The molecule has 1 aromatic carbocycles. The summed E-state index contributed by atoms with van der Waals surface area (Å²) in [4.78, 5) is 23.3. The van der Waals surface area contributed by atoms with Crippen molar-refractivity contribution in [3.63, 3.8) is 0 Å². The highest BCUT2D eigenvalue weighted by Gasteiger charge is 2.51. The monoisotopic (exact) mass is 432 g/mol. The Labute approximate surface area is 158 Å². The molecule has 0 radical (unpaired) electrons. The maximum absolute atomic E-state index is 13.0. The van der Waals surface area contributed by atoms with Crippen molar-refractivity contribution < 1.29 is 60.4 Å². The number of hydrogen-bond donors (Lipinski definition) is 2. The summed E-state index contributed by atoms with van der Waals surface area (Å²) in [5, 5.41) is 18.8. The standard InChI is InChI=1S/C16H14F6O7/c17-15(18,19)9-3-8(4-10(5-9)16(20,21)22)6-14(12(23)24,13(25)26)29-11-7-27-1-2-28-11/h3-5,11H,1-2,6-7H2,(H,23,24)(H,25,26). The smallest absolute Gasteiger partial charge is 0.416 e. The van der Waals surface area contributed by atoms with Crippen molar-refractivity contribution in [2.75, 3.05) is 19.8 Å². The number of rotatable bonds is 6. The van der Waals surface area contributed by atoms with Crippen molar-refractivity contribution in [3.05, 3.63) is 34.9 Å². The summed E-state index contributed by atoms with van der Waals surface area (Å²) < 4.78 is 92.8. The van der Waals surface area contributed by atoms with E-state index in [1.807, 2.05) is 0 Å². The van der Waals surface area contributed by atoms with E-state index in [0.29, 0.717) is 0 Å². The first-order chi connectivity index (χ1) is 13.3. The molecular formula is C16H14F6O7. The van der Waals surface area contributed by atoms with Crippen LogP contribution in [0, 0.1) is 0 Å². The molecule has 1 heterocycles. The predicted octanol–water partition coefficient (Wildman–Crippen LogP) is 2.56. The van der Waals surface area contributed by atoms with Gasteiger partial charge in [0.1, 0.15) is 0 Å². The Morgan fingerprint density at radius 2 is 1.48 bits per heavy atom. The minimum Gasteiger partial charge on any atom is -0.479 e. The van der Waals surface area contributed by atoms with Gasteiger partial charge in [0.25, 0.3) is 5.60 Å². The van der Waals surface area contributed by atoms with Gasteiger partial charge in [-0.3, -0.25) is 0 Å². The zero-order valence-electron chi connectivity index (χ0n) is 14.3. The third kappa shape index (κ3) is 5.36. The van der Waals surface area contributed by atoms with Gasteiger partial charge in [-0.05, 0) is 23.8 Å². The largest absolute Gasteiger partial charge is 0.479 e. The molecule has 0 aromatic heterocycles. The van der Waals surface area contributed by atoms with E-state index in [2.05, 4.69) is 0 Å². The second kappa shape index (κ2) is 8.16. The van der Waals surface area contributed by atoms with Crippen LogP contribution in [0.25, 0.3) is 0 Å². The highest BCUT2D eigenvalue weighted by molar-refractivity contribution is 6.02. The molecule has 1 unspecified atom stereocenters. The lowest BCUT2D eigenvalue weighted by Crippen LogP contribution is -2.54. The van der Waals surface area contributed by atoms with Crippen molar-refractivity contribution in [1.82, 2.24) is 0 Å². The number of carboxylic acid groups (broad SMARTS) is 2. The van der Waals surface area contributed by atoms with Gasteiger partial charge in [0.05, 0.1) is 30.9 Å². The zero-order chi connectivity index (χ0) is 22.0. The van der Waals surface area contributed by atoms with Crippen LogP contribution in [0.2, 0.25) is 0 Å². The Morgan fingerprint density at radius 1 is 0.966 bits per heavy atom. The Bertz CT molecular complexity index is 722. The van der Waals surface area contributed by atoms with Crippen LogP contribution in [-0.4, -0.2) is 53.9 Å². The number of halogens is 6. The highest BCUT2D eigenvalue weighted by atomic mass is 19.4. The molecule has 1 aliphatic rings. The molecule has 0 spiro atoms. The number of carbonyl (C=O) groups is 2. The molecule has 162 valence electrons. The molecule has 7 nitrogen and oxygen atoms in total. The molecule has 2 N–H and O–H groups in total. The molecule has 2 rings (SSSR count). The van der Waals surface area contributed by atoms with Gasteiger partial charge in [-0.2, -0.15) is 26.3 Å². The van der Waals surface area contributed by atoms with Gasteiger partial charge in [0, 0.05) is 6.42 Å². The summed E-state index contributed by atoms with van der Waals surface area (Å²) in [7, 11) is 0. The summed E-state index contributed by atoms with van der Waals surface area (Å²) in [6.45, 7) is -0.351. The van der Waals surface area contributed by atoms with Gasteiger partial charge in [-0.1, -0.05) is 0 Å². The van der Waals surface area contributed by atoms with Crippen LogP contribution < -0.4 is 0 Å². The van der Waals surface area contributed by atoms with Crippen LogP contribution in [0.5, 0.6) is 0 Å². The fourth-order valence-electron chi connectivity index (χ4n) is 2.55. The van der Waals surface area contributed by atoms with E-state index in [9.17, 15) is 46.1 Å². The number of ether oxygens (including phenoxy) is 3. The lowest BCUT2D eigenvalue weighted by atomic mass is 9.91. The van der Waals surface area contributed by atoms with Gasteiger partial charge >= 0.3 is 24.3 Å². The number of aliphatic carboxylic acids is 2. The molecule has 0 amide bonds.